The van der Waals surface area contributed by atoms with Crippen LogP contribution in [0, 0.1) is 5.41 Å². The highest BCUT2D eigenvalue weighted by atomic mass is 14.8. The van der Waals surface area contributed by atoms with Crippen LogP contribution in [0.2, 0.25) is 0 Å². The molecule has 0 heterocycles. The molecule has 2 N–H and O–H groups in total. The highest BCUT2D eigenvalue weighted by Gasteiger charge is 2.22. The zero-order chi connectivity index (χ0) is 13.1. The Balaban J connectivity index is 3.37. The quantitative estimate of drug-likeness (QED) is 0.604. The minimum Gasteiger partial charge on any atom is -0.398 e. The molecule has 0 saturated carbocycles. The Bertz CT molecular complexity index is 448. The number of nitrogen functional groups attached to an aromatic ring is 1. The first-order chi connectivity index (χ1) is 7.86. The van der Waals surface area contributed by atoms with Crippen molar-refractivity contribution in [2.24, 2.45) is 10.4 Å². The summed E-state index contributed by atoms with van der Waals surface area (Å²) in [6.45, 7) is 10.5. The minimum absolute atomic E-state index is 0.0280. The molecular formula is C15H22N2. The van der Waals surface area contributed by atoms with Gasteiger partial charge in [0.1, 0.15) is 0 Å². The van der Waals surface area contributed by atoms with Crippen LogP contribution in [-0.2, 0) is 0 Å². The topological polar surface area (TPSA) is 38.4 Å². The van der Waals surface area contributed by atoms with E-state index in [-0.39, 0.29) is 5.41 Å². The van der Waals surface area contributed by atoms with Crippen molar-refractivity contribution >= 4 is 11.4 Å². The summed E-state index contributed by atoms with van der Waals surface area (Å²) < 4.78 is 0. The summed E-state index contributed by atoms with van der Waals surface area (Å²) in [6.07, 6.45) is 2.00. The number of nitrogens with zero attached hydrogens (tertiary/aromatic N) is 1. The molecule has 0 unspecified atom stereocenters. The Labute approximate surface area is 104 Å². The second-order valence-corrected chi connectivity index (χ2v) is 5.23. The summed E-state index contributed by atoms with van der Waals surface area (Å²) in [5, 5.41) is 0. The lowest BCUT2D eigenvalue weighted by Crippen LogP contribution is -2.22. The monoisotopic (exact) mass is 230 g/mol. The average Bonchev–Trinajstić information content (AvgIpc) is 2.25. The van der Waals surface area contributed by atoms with Crippen molar-refractivity contribution < 1.29 is 0 Å². The molecule has 0 amide bonds. The molecule has 2 heteroatoms. The number of aliphatic imine (C=N–C) groups is 1. The van der Waals surface area contributed by atoms with Gasteiger partial charge in [-0.2, -0.15) is 0 Å². The van der Waals surface area contributed by atoms with Crippen molar-refractivity contribution in [2.45, 2.75) is 34.6 Å². The fourth-order valence-corrected chi connectivity index (χ4v) is 1.59. The molecule has 1 aromatic rings. The molecule has 17 heavy (non-hydrogen) atoms. The first-order valence-corrected chi connectivity index (χ1v) is 5.93. The summed E-state index contributed by atoms with van der Waals surface area (Å²) >= 11 is 0. The van der Waals surface area contributed by atoms with Gasteiger partial charge in [-0.15, -0.1) is 0 Å². The molecule has 92 valence electrons. The van der Waals surface area contributed by atoms with E-state index < -0.39 is 0 Å². The smallest absolute Gasteiger partial charge is 0.0552 e. The zero-order valence-electron chi connectivity index (χ0n) is 11.4. The lowest BCUT2D eigenvalue weighted by molar-refractivity contribution is 0.591. The van der Waals surface area contributed by atoms with E-state index in [0.29, 0.717) is 0 Å². The molecule has 1 rings (SSSR count). The number of anilines is 1. The van der Waals surface area contributed by atoms with Gasteiger partial charge in [-0.25, -0.2) is 0 Å². The molecule has 0 fully saturated rings. The molecule has 0 atom stereocenters. The van der Waals surface area contributed by atoms with Crippen LogP contribution in [0.3, 0.4) is 0 Å². The molecular weight excluding hydrogens is 208 g/mol. The second kappa shape index (κ2) is 5.17. The summed E-state index contributed by atoms with van der Waals surface area (Å²) in [7, 11) is 0. The van der Waals surface area contributed by atoms with E-state index in [2.05, 4.69) is 20.8 Å². The molecule has 0 bridgehead atoms. The SMILES string of the molecule is C/C=C(/C)N=C(c1ccccc1N)C(C)(C)C. The van der Waals surface area contributed by atoms with Crippen LogP contribution in [0.5, 0.6) is 0 Å². The third-order valence-corrected chi connectivity index (χ3v) is 2.63. The largest absolute Gasteiger partial charge is 0.398 e. The number of allylic oxidation sites excluding steroid dienone is 2. The van der Waals surface area contributed by atoms with E-state index in [4.69, 9.17) is 10.7 Å². The van der Waals surface area contributed by atoms with E-state index in [1.54, 1.807) is 0 Å². The number of benzene rings is 1. The Morgan fingerprint density at radius 1 is 1.24 bits per heavy atom. The van der Waals surface area contributed by atoms with Crippen molar-refractivity contribution in [3.63, 3.8) is 0 Å². The lowest BCUT2D eigenvalue weighted by atomic mass is 9.84. The van der Waals surface area contributed by atoms with Gasteiger partial charge in [-0.05, 0) is 19.9 Å². The maximum Gasteiger partial charge on any atom is 0.0552 e. The third kappa shape index (κ3) is 3.45. The maximum atomic E-state index is 6.04. The average molecular weight is 230 g/mol. The van der Waals surface area contributed by atoms with Gasteiger partial charge < -0.3 is 5.73 Å². The summed E-state index contributed by atoms with van der Waals surface area (Å²) in [5.41, 5.74) is 9.86. The van der Waals surface area contributed by atoms with Crippen molar-refractivity contribution in [1.29, 1.82) is 0 Å². The van der Waals surface area contributed by atoms with Gasteiger partial charge in [0.25, 0.3) is 0 Å². The van der Waals surface area contributed by atoms with Gasteiger partial charge in [0.2, 0.25) is 0 Å². The van der Waals surface area contributed by atoms with E-state index in [1.807, 2.05) is 44.2 Å². The summed E-state index contributed by atoms with van der Waals surface area (Å²) in [5.74, 6) is 0. The van der Waals surface area contributed by atoms with Crippen LogP contribution < -0.4 is 5.73 Å². The Morgan fingerprint density at radius 3 is 2.29 bits per heavy atom. The molecule has 2 nitrogen and oxygen atoms in total. The van der Waals surface area contributed by atoms with Crippen LogP contribution in [0.1, 0.15) is 40.2 Å². The number of para-hydroxylation sites is 1. The molecule has 0 aliphatic heterocycles. The predicted octanol–water partition coefficient (Wildman–Crippen LogP) is 4.03. The first kappa shape index (κ1) is 13.5. The fraction of sp³-hybridized carbons (Fsp3) is 0.400. The summed E-state index contributed by atoms with van der Waals surface area (Å²) in [4.78, 5) is 4.70. The molecule has 0 saturated heterocycles. The van der Waals surface area contributed by atoms with Crippen LogP contribution >= 0.6 is 0 Å². The number of rotatable bonds is 2. The first-order valence-electron chi connectivity index (χ1n) is 5.93. The van der Waals surface area contributed by atoms with Gasteiger partial charge in [0.15, 0.2) is 0 Å². The Hall–Kier alpha value is -1.57. The normalized spacial score (nSPS) is 13.9. The van der Waals surface area contributed by atoms with Crippen molar-refractivity contribution in [1.82, 2.24) is 0 Å². The van der Waals surface area contributed by atoms with E-state index in [1.165, 1.54) is 0 Å². The van der Waals surface area contributed by atoms with E-state index in [0.717, 1.165) is 22.7 Å². The molecule has 0 aromatic heterocycles. The van der Waals surface area contributed by atoms with Crippen LogP contribution in [0.4, 0.5) is 5.69 Å². The lowest BCUT2D eigenvalue weighted by Gasteiger charge is -2.23. The van der Waals surface area contributed by atoms with Gasteiger partial charge in [-0.3, -0.25) is 4.99 Å². The minimum atomic E-state index is -0.0280. The van der Waals surface area contributed by atoms with Gasteiger partial charge in [0.05, 0.1) is 5.71 Å². The van der Waals surface area contributed by atoms with Gasteiger partial charge in [-0.1, -0.05) is 45.0 Å². The number of hydrogen-bond acceptors (Lipinski definition) is 2. The molecule has 0 radical (unpaired) electrons. The van der Waals surface area contributed by atoms with Crippen LogP contribution in [0.25, 0.3) is 0 Å². The molecule has 0 spiro atoms. The van der Waals surface area contributed by atoms with E-state index >= 15 is 0 Å². The number of hydrogen-bond donors (Lipinski definition) is 1. The highest BCUT2D eigenvalue weighted by Crippen LogP contribution is 2.26. The Kier molecular flexibility index (Phi) is 4.11. The standard InChI is InChI=1S/C15H22N2/c1-6-11(2)17-14(15(3,4)5)12-9-7-8-10-13(12)16/h6-10H,16H2,1-5H3/b11-6-,17-14?. The van der Waals surface area contributed by atoms with Crippen LogP contribution in [-0.4, -0.2) is 5.71 Å². The zero-order valence-corrected chi connectivity index (χ0v) is 11.4. The van der Waals surface area contributed by atoms with Crippen molar-refractivity contribution in [3.05, 3.63) is 41.6 Å². The van der Waals surface area contributed by atoms with Gasteiger partial charge in [0, 0.05) is 22.4 Å². The van der Waals surface area contributed by atoms with Crippen molar-refractivity contribution in [2.75, 3.05) is 5.73 Å². The van der Waals surface area contributed by atoms with Crippen LogP contribution in [0.15, 0.2) is 41.0 Å². The van der Waals surface area contributed by atoms with Crippen molar-refractivity contribution in [3.8, 4) is 0 Å². The summed E-state index contributed by atoms with van der Waals surface area (Å²) in [6, 6.07) is 7.89. The highest BCUT2D eigenvalue weighted by molar-refractivity contribution is 6.08. The second-order valence-electron chi connectivity index (χ2n) is 5.23. The third-order valence-electron chi connectivity index (χ3n) is 2.63. The Morgan fingerprint density at radius 2 is 1.82 bits per heavy atom. The predicted molar refractivity (Wildman–Crippen MR) is 76.3 cm³/mol. The van der Waals surface area contributed by atoms with Gasteiger partial charge >= 0.3 is 0 Å². The number of nitrogens with two attached hydrogens (primary N) is 1. The molecule has 1 aromatic carbocycles. The fourth-order valence-electron chi connectivity index (χ4n) is 1.59. The van der Waals surface area contributed by atoms with E-state index in [9.17, 15) is 0 Å². The molecule has 0 aliphatic rings. The molecule has 0 aliphatic carbocycles. The maximum absolute atomic E-state index is 6.04.